The van der Waals surface area contributed by atoms with Gasteiger partial charge in [-0.2, -0.15) is 0 Å². The number of hydrogen-bond donors (Lipinski definition) is 2. The molecule has 0 aliphatic rings. The Morgan fingerprint density at radius 2 is 1.77 bits per heavy atom. The second kappa shape index (κ2) is 7.45. The number of hydrogen-bond acceptors (Lipinski definition) is 3. The van der Waals surface area contributed by atoms with Crippen molar-refractivity contribution in [2.45, 2.75) is 0 Å². The van der Waals surface area contributed by atoms with E-state index < -0.39 is 29.0 Å². The third-order valence-electron chi connectivity index (χ3n) is 3.40. The van der Waals surface area contributed by atoms with Crippen molar-refractivity contribution >= 4 is 34.6 Å². The minimum Gasteiger partial charge on any atom is -0.354 e. The lowest BCUT2D eigenvalue weighted by atomic mass is 10.2. The molecule has 0 saturated carbocycles. The number of halogens is 4. The summed E-state index contributed by atoms with van der Waals surface area (Å²) in [5, 5.41) is 5.74. The molecule has 0 aliphatic carbocycles. The first-order valence-corrected chi connectivity index (χ1v) is 7.74. The lowest BCUT2D eigenvalue weighted by Crippen LogP contribution is -2.14. The molecule has 1 amide bonds. The molecule has 0 spiro atoms. The molecule has 0 bridgehead atoms. The Bertz CT molecular complexity index is 982. The van der Waals surface area contributed by atoms with Crippen molar-refractivity contribution in [2.75, 3.05) is 10.6 Å². The van der Waals surface area contributed by atoms with Crippen molar-refractivity contribution in [3.63, 3.8) is 0 Å². The third kappa shape index (κ3) is 3.94. The zero-order valence-electron chi connectivity index (χ0n) is 13.1. The van der Waals surface area contributed by atoms with Gasteiger partial charge in [0.1, 0.15) is 0 Å². The van der Waals surface area contributed by atoms with Gasteiger partial charge in [0.05, 0.1) is 23.1 Å². The van der Waals surface area contributed by atoms with Crippen molar-refractivity contribution in [1.29, 1.82) is 0 Å². The summed E-state index contributed by atoms with van der Waals surface area (Å²) in [5.74, 6) is -5.19. The molecular weight excluding hydrogens is 367 g/mol. The second-order valence-corrected chi connectivity index (χ2v) is 5.71. The van der Waals surface area contributed by atoms with Crippen molar-refractivity contribution < 1.29 is 18.0 Å². The first kappa shape index (κ1) is 17.8. The zero-order chi connectivity index (χ0) is 18.7. The Hall–Kier alpha value is -3.06. The first-order chi connectivity index (χ1) is 12.4. The van der Waals surface area contributed by atoms with Crippen LogP contribution < -0.4 is 10.6 Å². The molecule has 8 heteroatoms. The standard InChI is InChI=1S/C18H11ClF3N3O/c19-11-2-1-3-12(7-11)24-13-6-10(8-23-9-13)18(26)25-15-5-4-14(20)16(21)17(15)22/h1-9,24H,(H,25,26). The Kier molecular flexibility index (Phi) is 5.09. The molecule has 3 aromatic rings. The number of rotatable bonds is 4. The fraction of sp³-hybridized carbons (Fsp3) is 0. The molecule has 26 heavy (non-hydrogen) atoms. The summed E-state index contributed by atoms with van der Waals surface area (Å²) in [6, 6.07) is 10.1. The van der Waals surface area contributed by atoms with E-state index >= 15 is 0 Å². The molecule has 0 fully saturated rings. The Labute approximate surface area is 151 Å². The summed E-state index contributed by atoms with van der Waals surface area (Å²) in [6.07, 6.45) is 2.74. The van der Waals surface area contributed by atoms with E-state index in [9.17, 15) is 18.0 Å². The largest absolute Gasteiger partial charge is 0.354 e. The highest BCUT2D eigenvalue weighted by molar-refractivity contribution is 6.30. The predicted octanol–water partition coefficient (Wildman–Crippen LogP) is 5.15. The molecule has 1 aromatic heterocycles. The first-order valence-electron chi connectivity index (χ1n) is 7.36. The van der Waals surface area contributed by atoms with Gasteiger partial charge >= 0.3 is 0 Å². The molecule has 0 radical (unpaired) electrons. The average Bonchev–Trinajstić information content (AvgIpc) is 2.62. The Morgan fingerprint density at radius 1 is 0.962 bits per heavy atom. The average molecular weight is 378 g/mol. The van der Waals surface area contributed by atoms with E-state index in [0.717, 1.165) is 12.1 Å². The number of anilines is 3. The number of carbonyl (C=O) groups is 1. The number of nitrogens with one attached hydrogen (secondary N) is 2. The van der Waals surface area contributed by atoms with Crippen molar-refractivity contribution in [1.82, 2.24) is 4.98 Å². The van der Waals surface area contributed by atoms with Gasteiger partial charge in [0.15, 0.2) is 17.5 Å². The van der Waals surface area contributed by atoms with Crippen molar-refractivity contribution in [3.8, 4) is 0 Å². The monoisotopic (exact) mass is 377 g/mol. The number of benzene rings is 2. The van der Waals surface area contributed by atoms with Crippen LogP contribution in [0.25, 0.3) is 0 Å². The van der Waals surface area contributed by atoms with Crippen molar-refractivity contribution in [3.05, 3.63) is 82.9 Å². The zero-order valence-corrected chi connectivity index (χ0v) is 13.8. The molecule has 1 heterocycles. The maximum atomic E-state index is 13.7. The third-order valence-corrected chi connectivity index (χ3v) is 3.63. The number of nitrogens with zero attached hydrogens (tertiary/aromatic N) is 1. The molecule has 132 valence electrons. The van der Waals surface area contributed by atoms with Gasteiger partial charge in [-0.15, -0.1) is 0 Å². The van der Waals surface area contributed by atoms with Crippen LogP contribution in [0.2, 0.25) is 5.02 Å². The van der Waals surface area contributed by atoms with Gasteiger partial charge in [0.25, 0.3) is 5.91 Å². The van der Waals surface area contributed by atoms with Gasteiger partial charge in [-0.25, -0.2) is 13.2 Å². The molecule has 0 unspecified atom stereocenters. The summed E-state index contributed by atoms with van der Waals surface area (Å²) in [7, 11) is 0. The van der Waals surface area contributed by atoms with E-state index in [1.165, 1.54) is 18.5 Å². The van der Waals surface area contributed by atoms with Crippen LogP contribution in [0.5, 0.6) is 0 Å². The summed E-state index contributed by atoms with van der Waals surface area (Å²) in [4.78, 5) is 16.2. The molecule has 0 saturated heterocycles. The van der Waals surface area contributed by atoms with E-state index in [0.29, 0.717) is 16.4 Å². The SMILES string of the molecule is O=C(Nc1ccc(F)c(F)c1F)c1cncc(Nc2cccc(Cl)c2)c1. The normalized spacial score (nSPS) is 10.5. The van der Waals surface area contributed by atoms with Crippen LogP contribution in [0.4, 0.5) is 30.2 Å². The van der Waals surface area contributed by atoms with Crippen molar-refractivity contribution in [2.24, 2.45) is 0 Å². The molecule has 3 rings (SSSR count). The number of amides is 1. The molecule has 2 aromatic carbocycles. The van der Waals surface area contributed by atoms with E-state index in [1.807, 2.05) is 0 Å². The Balaban J connectivity index is 1.79. The molecular formula is C18H11ClF3N3O. The highest BCUT2D eigenvalue weighted by Crippen LogP contribution is 2.22. The lowest BCUT2D eigenvalue weighted by molar-refractivity contribution is 0.102. The van der Waals surface area contributed by atoms with E-state index in [1.54, 1.807) is 24.3 Å². The van der Waals surface area contributed by atoms with Crippen LogP contribution in [0.15, 0.2) is 54.9 Å². The smallest absolute Gasteiger partial charge is 0.257 e. The van der Waals surface area contributed by atoms with Crippen LogP contribution in [0.3, 0.4) is 0 Å². The highest BCUT2D eigenvalue weighted by atomic mass is 35.5. The van der Waals surface area contributed by atoms with Crippen LogP contribution in [0, 0.1) is 17.5 Å². The summed E-state index contributed by atoms with van der Waals surface area (Å²) >= 11 is 5.91. The number of pyridine rings is 1. The molecule has 4 nitrogen and oxygen atoms in total. The van der Waals surface area contributed by atoms with Crippen LogP contribution in [0.1, 0.15) is 10.4 Å². The van der Waals surface area contributed by atoms with Gasteiger partial charge in [-0.3, -0.25) is 9.78 Å². The quantitative estimate of drug-likeness (QED) is 0.618. The number of aromatic nitrogens is 1. The van der Waals surface area contributed by atoms with Gasteiger partial charge < -0.3 is 10.6 Å². The topological polar surface area (TPSA) is 54.0 Å². The van der Waals surface area contributed by atoms with E-state index in [2.05, 4.69) is 15.6 Å². The maximum absolute atomic E-state index is 13.7. The second-order valence-electron chi connectivity index (χ2n) is 5.27. The lowest BCUT2D eigenvalue weighted by Gasteiger charge is -2.10. The fourth-order valence-corrected chi connectivity index (χ4v) is 2.37. The minimum atomic E-state index is -1.66. The highest BCUT2D eigenvalue weighted by Gasteiger charge is 2.16. The van der Waals surface area contributed by atoms with Gasteiger partial charge in [0.2, 0.25) is 0 Å². The molecule has 0 aliphatic heterocycles. The van der Waals surface area contributed by atoms with Crippen LogP contribution in [-0.2, 0) is 0 Å². The van der Waals surface area contributed by atoms with Gasteiger partial charge in [0, 0.05) is 16.9 Å². The van der Waals surface area contributed by atoms with E-state index in [4.69, 9.17) is 11.6 Å². The fourth-order valence-electron chi connectivity index (χ4n) is 2.18. The summed E-state index contributed by atoms with van der Waals surface area (Å²) in [6.45, 7) is 0. The maximum Gasteiger partial charge on any atom is 0.257 e. The predicted molar refractivity (Wildman–Crippen MR) is 93.2 cm³/mol. The number of carbonyl (C=O) groups excluding carboxylic acids is 1. The molecule has 2 N–H and O–H groups in total. The Morgan fingerprint density at radius 3 is 2.54 bits per heavy atom. The molecule has 0 atom stereocenters. The minimum absolute atomic E-state index is 0.0983. The van der Waals surface area contributed by atoms with Crippen LogP contribution in [-0.4, -0.2) is 10.9 Å². The van der Waals surface area contributed by atoms with E-state index in [-0.39, 0.29) is 5.56 Å². The van der Waals surface area contributed by atoms with Crippen LogP contribution >= 0.6 is 11.6 Å². The summed E-state index contributed by atoms with van der Waals surface area (Å²) < 4.78 is 39.9. The summed E-state index contributed by atoms with van der Waals surface area (Å²) in [5.41, 5.74) is 0.803. The van der Waals surface area contributed by atoms with Gasteiger partial charge in [-0.05, 0) is 36.4 Å². The van der Waals surface area contributed by atoms with Gasteiger partial charge in [-0.1, -0.05) is 17.7 Å².